The minimum Gasteiger partial charge on any atom is -0.343 e. The van der Waals surface area contributed by atoms with E-state index in [0.717, 1.165) is 23.9 Å². The van der Waals surface area contributed by atoms with Crippen molar-refractivity contribution in [2.45, 2.75) is 62.8 Å². The van der Waals surface area contributed by atoms with E-state index in [1.165, 1.54) is 31.0 Å². The zero-order valence-electron chi connectivity index (χ0n) is 13.5. The first-order valence-electron chi connectivity index (χ1n) is 8.74. The molecule has 5 nitrogen and oxygen atoms in total. The zero-order valence-corrected chi connectivity index (χ0v) is 15.1. The molecule has 0 aromatic heterocycles. The van der Waals surface area contributed by atoms with Crippen LogP contribution in [0.3, 0.4) is 0 Å². The van der Waals surface area contributed by atoms with E-state index in [1.807, 2.05) is 6.92 Å². The molecule has 23 heavy (non-hydrogen) atoms. The number of amidine groups is 1. The lowest BCUT2D eigenvalue weighted by Crippen LogP contribution is -2.47. The lowest BCUT2D eigenvalue weighted by molar-refractivity contribution is -0.117. The number of aliphatic imine (C=N–C) groups is 1. The summed E-state index contributed by atoms with van der Waals surface area (Å²) in [5, 5.41) is 0.873. The smallest absolute Gasteiger partial charge is 0.248 e. The number of carbonyl (C=O) groups is 1. The van der Waals surface area contributed by atoms with Gasteiger partial charge in [0, 0.05) is 17.7 Å². The Kier molecular flexibility index (Phi) is 3.99. The van der Waals surface area contributed by atoms with Crippen LogP contribution in [0.5, 0.6) is 0 Å². The Morgan fingerprint density at radius 2 is 2.09 bits per heavy atom. The molecule has 2 saturated heterocycles. The van der Waals surface area contributed by atoms with Crippen molar-refractivity contribution in [1.82, 2.24) is 4.90 Å². The second-order valence-electron chi connectivity index (χ2n) is 7.49. The topological polar surface area (TPSA) is 66.8 Å². The van der Waals surface area contributed by atoms with Crippen molar-refractivity contribution in [2.75, 3.05) is 11.5 Å². The summed E-state index contributed by atoms with van der Waals surface area (Å²) in [7, 11) is -2.95. The highest BCUT2D eigenvalue weighted by Crippen LogP contribution is 2.51. The van der Waals surface area contributed by atoms with Crippen LogP contribution in [-0.4, -0.2) is 53.2 Å². The van der Waals surface area contributed by atoms with Gasteiger partial charge in [-0.3, -0.25) is 4.79 Å². The third kappa shape index (κ3) is 2.84. The molecule has 1 amide bonds. The van der Waals surface area contributed by atoms with Crippen molar-refractivity contribution in [1.29, 1.82) is 0 Å². The molecule has 0 spiro atoms. The number of carbonyl (C=O) groups excluding carboxylic acids is 1. The van der Waals surface area contributed by atoms with Crippen LogP contribution >= 0.6 is 11.8 Å². The van der Waals surface area contributed by atoms with E-state index in [2.05, 4.69) is 9.89 Å². The standard InChI is InChI=1S/C16H24N2O3S2/c1-2-3-15(19)17-16-18(12-7-10-4-5-11(12)6-10)13-8-23(20,21)9-14(13)22-16/h10-14H,2-9H2,1H3/t10-,11-,12-,13-,14-/m1/s1. The molecule has 4 rings (SSSR count). The van der Waals surface area contributed by atoms with E-state index in [4.69, 9.17) is 0 Å². The second-order valence-corrected chi connectivity index (χ2v) is 10.8. The van der Waals surface area contributed by atoms with Crippen LogP contribution in [0.2, 0.25) is 0 Å². The maximum Gasteiger partial charge on any atom is 0.248 e. The molecule has 0 unspecified atom stereocenters. The van der Waals surface area contributed by atoms with E-state index in [-0.39, 0.29) is 28.7 Å². The largest absolute Gasteiger partial charge is 0.343 e. The zero-order chi connectivity index (χ0) is 16.2. The molecule has 0 N–H and O–H groups in total. The minimum absolute atomic E-state index is 0.0301. The van der Waals surface area contributed by atoms with Gasteiger partial charge in [-0.05, 0) is 37.5 Å². The molecule has 2 bridgehead atoms. The number of hydrogen-bond acceptors (Lipinski definition) is 4. The van der Waals surface area contributed by atoms with Crippen molar-refractivity contribution in [3.63, 3.8) is 0 Å². The highest BCUT2D eigenvalue weighted by atomic mass is 32.2. The van der Waals surface area contributed by atoms with Crippen molar-refractivity contribution in [3.8, 4) is 0 Å². The minimum atomic E-state index is -2.95. The number of nitrogens with zero attached hydrogens (tertiary/aromatic N) is 2. The van der Waals surface area contributed by atoms with Crippen LogP contribution in [0.4, 0.5) is 0 Å². The first kappa shape index (κ1) is 15.9. The first-order chi connectivity index (χ1) is 11.0. The molecule has 2 aliphatic carbocycles. The normalized spacial score (nSPS) is 42.6. The maximum atomic E-state index is 12.0. The molecule has 4 fully saturated rings. The maximum absolute atomic E-state index is 12.0. The number of hydrogen-bond donors (Lipinski definition) is 0. The SMILES string of the molecule is CCCC(=O)N=C1S[C@@H]2CS(=O)(=O)C[C@H]2N1[C@@H]1C[C@@H]2CC[C@@H]1C2. The van der Waals surface area contributed by atoms with E-state index in [9.17, 15) is 13.2 Å². The van der Waals surface area contributed by atoms with Crippen LogP contribution in [0.15, 0.2) is 4.99 Å². The third-order valence-corrected chi connectivity index (χ3v) is 9.07. The predicted molar refractivity (Wildman–Crippen MR) is 92.2 cm³/mol. The summed E-state index contributed by atoms with van der Waals surface area (Å²) in [6.07, 6.45) is 6.26. The van der Waals surface area contributed by atoms with Gasteiger partial charge in [0.15, 0.2) is 15.0 Å². The average Bonchev–Trinajstić information content (AvgIpc) is 3.18. The molecular weight excluding hydrogens is 332 g/mol. The van der Waals surface area contributed by atoms with Gasteiger partial charge in [-0.15, -0.1) is 0 Å². The quantitative estimate of drug-likeness (QED) is 0.774. The lowest BCUT2D eigenvalue weighted by Gasteiger charge is -2.36. The van der Waals surface area contributed by atoms with Gasteiger partial charge in [-0.2, -0.15) is 4.99 Å². The van der Waals surface area contributed by atoms with Crippen molar-refractivity contribution in [2.24, 2.45) is 16.8 Å². The van der Waals surface area contributed by atoms with Gasteiger partial charge in [0.05, 0.1) is 17.5 Å². The fraction of sp³-hybridized carbons (Fsp3) is 0.875. The fourth-order valence-electron chi connectivity index (χ4n) is 4.91. The fourth-order valence-corrected chi connectivity index (χ4v) is 8.90. The molecule has 128 valence electrons. The van der Waals surface area contributed by atoms with Gasteiger partial charge in [-0.1, -0.05) is 25.1 Å². The summed E-state index contributed by atoms with van der Waals surface area (Å²) >= 11 is 1.54. The van der Waals surface area contributed by atoms with Gasteiger partial charge in [0.25, 0.3) is 0 Å². The Bertz CT molecular complexity index is 646. The Morgan fingerprint density at radius 3 is 2.74 bits per heavy atom. The molecule has 2 saturated carbocycles. The molecule has 2 aliphatic heterocycles. The van der Waals surface area contributed by atoms with Gasteiger partial charge in [0.1, 0.15) is 0 Å². The van der Waals surface area contributed by atoms with Crippen molar-refractivity contribution < 1.29 is 13.2 Å². The predicted octanol–water partition coefficient (Wildman–Crippen LogP) is 2.07. The van der Waals surface area contributed by atoms with Crippen molar-refractivity contribution >= 4 is 32.7 Å². The van der Waals surface area contributed by atoms with Gasteiger partial charge >= 0.3 is 0 Å². The molecule has 0 aromatic carbocycles. The first-order valence-corrected chi connectivity index (χ1v) is 11.4. The number of thioether (sulfide) groups is 1. The van der Waals surface area contributed by atoms with Crippen LogP contribution in [0.25, 0.3) is 0 Å². The summed E-state index contributed by atoms with van der Waals surface area (Å²) in [5.74, 6) is 1.86. The van der Waals surface area contributed by atoms with Gasteiger partial charge < -0.3 is 4.90 Å². The van der Waals surface area contributed by atoms with Crippen LogP contribution in [0, 0.1) is 11.8 Å². The molecule has 2 heterocycles. The Morgan fingerprint density at radius 1 is 1.26 bits per heavy atom. The number of sulfone groups is 1. The lowest BCUT2D eigenvalue weighted by atomic mass is 9.93. The summed E-state index contributed by atoms with van der Waals surface area (Å²) in [6, 6.07) is 0.431. The highest BCUT2D eigenvalue weighted by Gasteiger charge is 2.54. The van der Waals surface area contributed by atoms with E-state index in [0.29, 0.717) is 18.4 Å². The molecule has 0 radical (unpaired) electrons. The van der Waals surface area contributed by atoms with E-state index < -0.39 is 9.84 Å². The summed E-state index contributed by atoms with van der Waals surface area (Å²) in [6.45, 7) is 1.98. The summed E-state index contributed by atoms with van der Waals surface area (Å²) < 4.78 is 24.1. The van der Waals surface area contributed by atoms with Crippen molar-refractivity contribution in [3.05, 3.63) is 0 Å². The molecule has 7 heteroatoms. The summed E-state index contributed by atoms with van der Waals surface area (Å²) in [4.78, 5) is 18.7. The van der Waals surface area contributed by atoms with Gasteiger partial charge in [-0.25, -0.2) is 8.42 Å². The number of amides is 1. The number of fused-ring (bicyclic) bond motifs is 3. The Balaban J connectivity index is 1.63. The van der Waals surface area contributed by atoms with Crippen LogP contribution in [0.1, 0.15) is 45.4 Å². The van der Waals surface area contributed by atoms with E-state index in [1.54, 1.807) is 0 Å². The Hall–Kier alpha value is -0.560. The number of rotatable bonds is 3. The van der Waals surface area contributed by atoms with Crippen LogP contribution < -0.4 is 0 Å². The second kappa shape index (κ2) is 5.76. The molecular formula is C16H24N2O3S2. The highest BCUT2D eigenvalue weighted by molar-refractivity contribution is 8.15. The summed E-state index contributed by atoms with van der Waals surface area (Å²) in [5.41, 5.74) is 0. The monoisotopic (exact) mass is 356 g/mol. The van der Waals surface area contributed by atoms with E-state index >= 15 is 0 Å². The Labute approximate surface area is 142 Å². The molecule has 4 aliphatic rings. The van der Waals surface area contributed by atoms with Crippen LogP contribution in [-0.2, 0) is 14.6 Å². The van der Waals surface area contributed by atoms with Gasteiger partial charge in [0.2, 0.25) is 5.91 Å². The molecule has 0 aromatic rings. The third-order valence-electron chi connectivity index (χ3n) is 5.85. The average molecular weight is 357 g/mol. The molecule has 5 atom stereocenters.